The van der Waals surface area contributed by atoms with Crippen LogP contribution in [0.2, 0.25) is 5.02 Å². The fourth-order valence-electron chi connectivity index (χ4n) is 2.03. The molecule has 1 fully saturated rings. The lowest BCUT2D eigenvalue weighted by molar-refractivity contribution is 0.0898. The van der Waals surface area contributed by atoms with Crippen LogP contribution >= 0.6 is 11.6 Å². The van der Waals surface area contributed by atoms with Crippen LogP contribution in [0.1, 0.15) is 18.4 Å². The molecule has 2 rings (SSSR count). The van der Waals surface area contributed by atoms with Gasteiger partial charge in [0.25, 0.3) is 0 Å². The van der Waals surface area contributed by atoms with Crippen molar-refractivity contribution < 1.29 is 9.13 Å². The molecule has 0 bridgehead atoms. The molecule has 1 aromatic rings. The molecule has 0 aromatic heterocycles. The lowest BCUT2D eigenvalue weighted by Crippen LogP contribution is -2.36. The Morgan fingerprint density at radius 3 is 3.06 bits per heavy atom. The molecule has 0 radical (unpaired) electrons. The molecule has 1 aliphatic heterocycles. The highest BCUT2D eigenvalue weighted by Gasteiger charge is 2.24. The van der Waals surface area contributed by atoms with Crippen LogP contribution in [-0.4, -0.2) is 18.8 Å². The van der Waals surface area contributed by atoms with E-state index in [1.807, 2.05) is 0 Å². The van der Waals surface area contributed by atoms with Crippen LogP contribution in [0.5, 0.6) is 0 Å². The van der Waals surface area contributed by atoms with Crippen molar-refractivity contribution in [2.75, 3.05) is 6.61 Å². The molecule has 1 saturated heterocycles. The van der Waals surface area contributed by atoms with E-state index in [1.165, 1.54) is 6.07 Å². The molecule has 0 saturated carbocycles. The predicted molar refractivity (Wildman–Crippen MR) is 62.1 cm³/mol. The molecule has 2 unspecified atom stereocenters. The first-order chi connectivity index (χ1) is 7.68. The number of ether oxygens (including phenoxy) is 1. The molecule has 16 heavy (non-hydrogen) atoms. The van der Waals surface area contributed by atoms with Crippen LogP contribution in [-0.2, 0) is 11.2 Å². The molecule has 0 aliphatic carbocycles. The molecule has 4 heteroatoms. The highest BCUT2D eigenvalue weighted by Crippen LogP contribution is 2.22. The van der Waals surface area contributed by atoms with Crippen molar-refractivity contribution in [3.05, 3.63) is 34.6 Å². The minimum Gasteiger partial charge on any atom is -0.377 e. The Kier molecular flexibility index (Phi) is 3.79. The molecular weight excluding hydrogens is 229 g/mol. The van der Waals surface area contributed by atoms with Crippen LogP contribution in [0, 0.1) is 5.82 Å². The largest absolute Gasteiger partial charge is 0.377 e. The summed E-state index contributed by atoms with van der Waals surface area (Å²) in [6.07, 6.45) is 2.52. The van der Waals surface area contributed by atoms with E-state index in [9.17, 15) is 4.39 Å². The normalized spacial score (nSPS) is 22.3. The monoisotopic (exact) mass is 243 g/mol. The van der Waals surface area contributed by atoms with Gasteiger partial charge < -0.3 is 10.5 Å². The molecule has 1 heterocycles. The third-order valence-corrected chi connectivity index (χ3v) is 3.22. The fraction of sp³-hybridized carbons (Fsp3) is 0.500. The molecule has 0 spiro atoms. The number of hydrogen-bond donors (Lipinski definition) is 1. The van der Waals surface area contributed by atoms with E-state index in [1.54, 1.807) is 12.1 Å². The fourth-order valence-corrected chi connectivity index (χ4v) is 2.23. The van der Waals surface area contributed by atoms with Crippen LogP contribution in [0.3, 0.4) is 0 Å². The van der Waals surface area contributed by atoms with Crippen LogP contribution in [0.4, 0.5) is 4.39 Å². The van der Waals surface area contributed by atoms with E-state index in [0.29, 0.717) is 12.0 Å². The van der Waals surface area contributed by atoms with Gasteiger partial charge in [0, 0.05) is 12.6 Å². The van der Waals surface area contributed by atoms with Gasteiger partial charge in [-0.2, -0.15) is 0 Å². The highest BCUT2D eigenvalue weighted by atomic mass is 35.5. The van der Waals surface area contributed by atoms with Crippen LogP contribution < -0.4 is 5.73 Å². The second-order valence-corrected chi connectivity index (χ2v) is 4.54. The Balaban J connectivity index is 2.05. The smallest absolute Gasteiger partial charge is 0.145 e. The Bertz CT molecular complexity index is 366. The van der Waals surface area contributed by atoms with Crippen molar-refractivity contribution in [2.45, 2.75) is 31.4 Å². The lowest BCUT2D eigenvalue weighted by atomic mass is 10.00. The maximum Gasteiger partial charge on any atom is 0.145 e. The third-order valence-electron chi connectivity index (χ3n) is 2.93. The molecular formula is C12H15ClFNO. The van der Waals surface area contributed by atoms with E-state index in [0.717, 1.165) is 19.4 Å². The summed E-state index contributed by atoms with van der Waals surface area (Å²) in [5, 5.41) is 0.150. The van der Waals surface area contributed by atoms with E-state index in [-0.39, 0.29) is 23.0 Å². The molecule has 2 nitrogen and oxygen atoms in total. The van der Waals surface area contributed by atoms with Gasteiger partial charge in [0.1, 0.15) is 5.82 Å². The molecule has 0 amide bonds. The Hall–Kier alpha value is -0.640. The van der Waals surface area contributed by atoms with Gasteiger partial charge in [0.05, 0.1) is 11.1 Å². The van der Waals surface area contributed by atoms with Crippen molar-refractivity contribution in [3.63, 3.8) is 0 Å². The summed E-state index contributed by atoms with van der Waals surface area (Å²) in [7, 11) is 0. The number of rotatable bonds is 3. The number of nitrogens with two attached hydrogens (primary N) is 1. The van der Waals surface area contributed by atoms with Gasteiger partial charge in [0.15, 0.2) is 0 Å². The van der Waals surface area contributed by atoms with Crippen molar-refractivity contribution >= 4 is 11.6 Å². The highest BCUT2D eigenvalue weighted by molar-refractivity contribution is 6.30. The third kappa shape index (κ3) is 2.54. The van der Waals surface area contributed by atoms with Gasteiger partial charge in [0.2, 0.25) is 0 Å². The first-order valence-electron chi connectivity index (χ1n) is 5.48. The maximum atomic E-state index is 13.6. The summed E-state index contributed by atoms with van der Waals surface area (Å²) in [6.45, 7) is 0.760. The number of halogens is 2. The second kappa shape index (κ2) is 5.13. The summed E-state index contributed by atoms with van der Waals surface area (Å²) >= 11 is 5.71. The predicted octanol–water partition coefficient (Wildman–Crippen LogP) is 2.53. The van der Waals surface area contributed by atoms with Gasteiger partial charge in [-0.25, -0.2) is 4.39 Å². The Morgan fingerprint density at radius 1 is 1.56 bits per heavy atom. The quantitative estimate of drug-likeness (QED) is 0.886. The SMILES string of the molecule is NC(Cc1cccc(Cl)c1F)C1CCCO1. The maximum absolute atomic E-state index is 13.6. The van der Waals surface area contributed by atoms with E-state index >= 15 is 0 Å². The van der Waals surface area contributed by atoms with E-state index in [2.05, 4.69) is 0 Å². The number of benzene rings is 1. The summed E-state index contributed by atoms with van der Waals surface area (Å²) in [5.41, 5.74) is 6.56. The zero-order valence-corrected chi connectivity index (χ0v) is 9.71. The average Bonchev–Trinajstić information content (AvgIpc) is 2.78. The van der Waals surface area contributed by atoms with Gasteiger partial charge >= 0.3 is 0 Å². The Labute approximate surface area is 99.5 Å². The van der Waals surface area contributed by atoms with Crippen molar-refractivity contribution in [1.29, 1.82) is 0 Å². The average molecular weight is 244 g/mol. The zero-order valence-electron chi connectivity index (χ0n) is 8.96. The van der Waals surface area contributed by atoms with Crippen LogP contribution in [0.15, 0.2) is 18.2 Å². The Morgan fingerprint density at radius 2 is 2.38 bits per heavy atom. The van der Waals surface area contributed by atoms with Crippen molar-refractivity contribution in [2.24, 2.45) is 5.73 Å². The molecule has 2 N–H and O–H groups in total. The van der Waals surface area contributed by atoms with Gasteiger partial charge in [-0.05, 0) is 30.9 Å². The lowest BCUT2D eigenvalue weighted by Gasteiger charge is -2.18. The van der Waals surface area contributed by atoms with E-state index in [4.69, 9.17) is 22.1 Å². The summed E-state index contributed by atoms with van der Waals surface area (Å²) in [4.78, 5) is 0. The summed E-state index contributed by atoms with van der Waals surface area (Å²) < 4.78 is 19.1. The molecule has 1 aromatic carbocycles. The van der Waals surface area contributed by atoms with Gasteiger partial charge in [-0.1, -0.05) is 23.7 Å². The topological polar surface area (TPSA) is 35.2 Å². The van der Waals surface area contributed by atoms with Crippen molar-refractivity contribution in [3.8, 4) is 0 Å². The van der Waals surface area contributed by atoms with Gasteiger partial charge in [-0.15, -0.1) is 0 Å². The summed E-state index contributed by atoms with van der Waals surface area (Å²) in [5.74, 6) is -0.363. The standard InChI is InChI=1S/C12H15ClFNO/c13-9-4-1-3-8(12(9)14)7-10(15)11-5-2-6-16-11/h1,3-4,10-11H,2,5-7,15H2. The molecule has 1 aliphatic rings. The second-order valence-electron chi connectivity index (χ2n) is 4.13. The number of hydrogen-bond acceptors (Lipinski definition) is 2. The molecule has 88 valence electrons. The zero-order chi connectivity index (χ0) is 11.5. The van der Waals surface area contributed by atoms with Gasteiger partial charge in [-0.3, -0.25) is 0 Å². The first-order valence-corrected chi connectivity index (χ1v) is 5.86. The minimum atomic E-state index is -0.363. The minimum absolute atomic E-state index is 0.0541. The van der Waals surface area contributed by atoms with E-state index < -0.39 is 0 Å². The molecule has 2 atom stereocenters. The summed E-state index contributed by atoms with van der Waals surface area (Å²) in [6, 6.07) is 4.84. The van der Waals surface area contributed by atoms with Crippen molar-refractivity contribution in [1.82, 2.24) is 0 Å². The van der Waals surface area contributed by atoms with Crippen LogP contribution in [0.25, 0.3) is 0 Å². The first kappa shape index (κ1) is 11.8.